The summed E-state index contributed by atoms with van der Waals surface area (Å²) in [5.74, 6) is -0.393. The summed E-state index contributed by atoms with van der Waals surface area (Å²) in [4.78, 5) is 12.6. The molecule has 8 heteroatoms. The van der Waals surface area contributed by atoms with Crippen LogP contribution in [0.3, 0.4) is 0 Å². The van der Waals surface area contributed by atoms with Crippen LogP contribution in [0.25, 0.3) is 21.5 Å². The smallest absolute Gasteiger partial charge is 0.393 e. The number of alkyl halides is 3. The number of thiophene rings is 1. The Morgan fingerprint density at radius 1 is 1.23 bits per heavy atom. The first-order valence-corrected chi connectivity index (χ1v) is 11.1. The van der Waals surface area contributed by atoms with Gasteiger partial charge in [0.15, 0.2) is 0 Å². The van der Waals surface area contributed by atoms with Crippen molar-refractivity contribution >= 4 is 27.5 Å². The summed E-state index contributed by atoms with van der Waals surface area (Å²) >= 11 is 1.34. The Hall–Kier alpha value is -2.48. The summed E-state index contributed by atoms with van der Waals surface area (Å²) in [6.07, 6.45) is -0.296. The van der Waals surface area contributed by atoms with Gasteiger partial charge in [-0.15, -0.1) is 11.3 Å². The van der Waals surface area contributed by atoms with Gasteiger partial charge in [-0.25, -0.2) is 4.79 Å². The minimum atomic E-state index is -4.39. The molecule has 1 N–H and O–H groups in total. The van der Waals surface area contributed by atoms with E-state index in [1.165, 1.54) is 30.6 Å². The molecule has 1 saturated carbocycles. The molecule has 1 fully saturated rings. The van der Waals surface area contributed by atoms with Crippen molar-refractivity contribution < 1.29 is 27.8 Å². The molecule has 2 aromatic heterocycles. The van der Waals surface area contributed by atoms with Gasteiger partial charge in [0, 0.05) is 12.6 Å². The molecular formula is C23H24F3NO3S. The number of rotatable bonds is 4. The highest BCUT2D eigenvalue weighted by Crippen LogP contribution is 2.47. The number of aromatic hydroxyl groups is 1. The number of fused-ring (bicyclic) bond motifs is 1. The predicted molar refractivity (Wildman–Crippen MR) is 115 cm³/mol. The van der Waals surface area contributed by atoms with Crippen molar-refractivity contribution in [3.63, 3.8) is 0 Å². The number of aryl methyl sites for hydroxylation is 1. The maximum absolute atomic E-state index is 13.3. The zero-order chi connectivity index (χ0) is 22.3. The molecule has 166 valence electrons. The van der Waals surface area contributed by atoms with E-state index in [9.17, 15) is 23.1 Å². The maximum Gasteiger partial charge on any atom is 0.393 e. The van der Waals surface area contributed by atoms with Gasteiger partial charge in [0.05, 0.1) is 29.4 Å². The van der Waals surface area contributed by atoms with Crippen molar-refractivity contribution in [1.82, 2.24) is 4.57 Å². The molecule has 0 saturated heterocycles. The van der Waals surface area contributed by atoms with E-state index in [2.05, 4.69) is 0 Å². The molecule has 0 bridgehead atoms. The largest absolute Gasteiger partial charge is 0.508 e. The minimum Gasteiger partial charge on any atom is -0.508 e. The standard InChI is InChI=1S/C23H24F3NO3S/c1-27-17-11-18(22(29)30-2)31-21(17)19(13-6-4-3-5-7-13)20(27)16-9-8-15(28)10-14(16)12-23(24,25)26/h8-11,13,28H,3-7,12H2,1-2H3. The quantitative estimate of drug-likeness (QED) is 0.458. The second kappa shape index (κ2) is 8.22. The molecule has 4 rings (SSSR count). The van der Waals surface area contributed by atoms with Crippen LogP contribution in [-0.4, -0.2) is 28.9 Å². The highest BCUT2D eigenvalue weighted by Gasteiger charge is 2.33. The summed E-state index contributed by atoms with van der Waals surface area (Å²) in [6, 6.07) is 5.96. The average Bonchev–Trinajstić information content (AvgIpc) is 3.26. The second-order valence-electron chi connectivity index (χ2n) is 8.11. The number of carbonyl (C=O) groups is 1. The monoisotopic (exact) mass is 451 g/mol. The Bertz CT molecular complexity index is 1120. The highest BCUT2D eigenvalue weighted by atomic mass is 32.1. The molecule has 0 atom stereocenters. The fraction of sp³-hybridized carbons (Fsp3) is 0.435. The van der Waals surface area contributed by atoms with Crippen molar-refractivity contribution in [3.05, 3.63) is 40.3 Å². The number of ether oxygens (including phenoxy) is 1. The lowest BCUT2D eigenvalue weighted by Crippen LogP contribution is -2.13. The van der Waals surface area contributed by atoms with Crippen LogP contribution >= 0.6 is 11.3 Å². The number of benzene rings is 1. The van der Waals surface area contributed by atoms with Gasteiger partial charge < -0.3 is 14.4 Å². The zero-order valence-corrected chi connectivity index (χ0v) is 18.2. The Balaban J connectivity index is 1.97. The van der Waals surface area contributed by atoms with Gasteiger partial charge in [-0.3, -0.25) is 0 Å². The number of aromatic nitrogens is 1. The fourth-order valence-corrected chi connectivity index (χ4v) is 5.93. The number of methoxy groups -OCH3 is 1. The molecule has 1 aliphatic carbocycles. The van der Waals surface area contributed by atoms with E-state index in [0.717, 1.165) is 53.6 Å². The van der Waals surface area contributed by atoms with Gasteiger partial charge in [0.25, 0.3) is 0 Å². The van der Waals surface area contributed by atoms with Gasteiger partial charge in [-0.05, 0) is 54.2 Å². The lowest BCUT2D eigenvalue weighted by Gasteiger charge is -2.24. The van der Waals surface area contributed by atoms with Gasteiger partial charge in [-0.2, -0.15) is 13.2 Å². The Kier molecular flexibility index (Phi) is 5.77. The van der Waals surface area contributed by atoms with Crippen LogP contribution in [0.1, 0.15) is 58.8 Å². The topological polar surface area (TPSA) is 51.5 Å². The lowest BCUT2D eigenvalue weighted by atomic mass is 9.82. The number of hydrogen-bond donors (Lipinski definition) is 1. The van der Waals surface area contributed by atoms with E-state index in [1.807, 2.05) is 11.6 Å². The highest BCUT2D eigenvalue weighted by molar-refractivity contribution is 7.21. The molecular weight excluding hydrogens is 427 g/mol. The van der Waals surface area contributed by atoms with Crippen molar-refractivity contribution in [1.29, 1.82) is 0 Å². The lowest BCUT2D eigenvalue weighted by molar-refractivity contribution is -0.127. The molecule has 0 unspecified atom stereocenters. The Labute approximate surface area is 182 Å². The molecule has 0 radical (unpaired) electrons. The average molecular weight is 452 g/mol. The normalized spacial score (nSPS) is 15.5. The summed E-state index contributed by atoms with van der Waals surface area (Å²) in [5.41, 5.74) is 3.08. The fourth-order valence-electron chi connectivity index (χ4n) is 4.70. The molecule has 1 aromatic carbocycles. The minimum absolute atomic E-state index is 0.0472. The molecule has 31 heavy (non-hydrogen) atoms. The molecule has 4 nitrogen and oxygen atoms in total. The number of phenolic OH excluding ortho intramolecular Hbond substituents is 1. The molecule has 2 heterocycles. The number of halogens is 3. The third kappa shape index (κ3) is 4.18. The molecule has 0 aliphatic heterocycles. The van der Waals surface area contributed by atoms with E-state index in [1.54, 1.807) is 12.1 Å². The number of esters is 1. The number of hydrogen-bond acceptors (Lipinski definition) is 4. The summed E-state index contributed by atoms with van der Waals surface area (Å²) < 4.78 is 47.6. The van der Waals surface area contributed by atoms with Crippen LogP contribution in [0.5, 0.6) is 5.75 Å². The van der Waals surface area contributed by atoms with Crippen molar-refractivity contribution in [2.24, 2.45) is 7.05 Å². The van der Waals surface area contributed by atoms with Crippen molar-refractivity contribution in [3.8, 4) is 17.0 Å². The van der Waals surface area contributed by atoms with Crippen LogP contribution in [0.15, 0.2) is 24.3 Å². The summed E-state index contributed by atoms with van der Waals surface area (Å²) in [6.45, 7) is 0. The van der Waals surface area contributed by atoms with Crippen LogP contribution in [0.4, 0.5) is 13.2 Å². The molecule has 1 aliphatic rings. The third-order valence-electron chi connectivity index (χ3n) is 6.04. The Morgan fingerprint density at radius 2 is 1.94 bits per heavy atom. The van der Waals surface area contributed by atoms with Gasteiger partial charge in [-0.1, -0.05) is 19.3 Å². The van der Waals surface area contributed by atoms with Crippen LogP contribution < -0.4 is 0 Å². The SMILES string of the molecule is COC(=O)c1cc2c(s1)c(C1CCCCC1)c(-c1ccc(O)cc1CC(F)(F)F)n2C. The first-order chi connectivity index (χ1) is 14.7. The van der Waals surface area contributed by atoms with E-state index >= 15 is 0 Å². The van der Waals surface area contributed by atoms with E-state index in [4.69, 9.17) is 4.74 Å². The van der Waals surface area contributed by atoms with E-state index < -0.39 is 18.6 Å². The van der Waals surface area contributed by atoms with Gasteiger partial charge in [0.2, 0.25) is 0 Å². The molecule has 0 spiro atoms. The predicted octanol–water partition coefficient (Wildman–Crippen LogP) is 6.55. The van der Waals surface area contributed by atoms with Crippen molar-refractivity contribution in [2.75, 3.05) is 7.11 Å². The van der Waals surface area contributed by atoms with Gasteiger partial charge in [0.1, 0.15) is 10.6 Å². The van der Waals surface area contributed by atoms with E-state index in [0.29, 0.717) is 10.4 Å². The number of nitrogens with zero attached hydrogens (tertiary/aromatic N) is 1. The third-order valence-corrected chi connectivity index (χ3v) is 7.18. The summed E-state index contributed by atoms with van der Waals surface area (Å²) in [7, 11) is 3.15. The van der Waals surface area contributed by atoms with Crippen molar-refractivity contribution in [2.45, 2.75) is 50.6 Å². The van der Waals surface area contributed by atoms with Crippen LogP contribution in [-0.2, 0) is 18.2 Å². The maximum atomic E-state index is 13.3. The first-order valence-electron chi connectivity index (χ1n) is 10.3. The second-order valence-corrected chi connectivity index (χ2v) is 9.16. The zero-order valence-electron chi connectivity index (χ0n) is 17.4. The number of phenols is 1. The molecule has 0 amide bonds. The van der Waals surface area contributed by atoms with E-state index in [-0.39, 0.29) is 17.2 Å². The Morgan fingerprint density at radius 3 is 2.58 bits per heavy atom. The first kappa shape index (κ1) is 21.7. The van der Waals surface area contributed by atoms with Crippen LogP contribution in [0, 0.1) is 0 Å². The van der Waals surface area contributed by atoms with Gasteiger partial charge >= 0.3 is 12.1 Å². The summed E-state index contributed by atoms with van der Waals surface area (Å²) in [5, 5.41) is 9.87. The molecule has 3 aromatic rings. The van der Waals surface area contributed by atoms with Crippen LogP contribution in [0.2, 0.25) is 0 Å². The number of carbonyl (C=O) groups excluding carboxylic acids is 1.